The predicted octanol–water partition coefficient (Wildman–Crippen LogP) is 2.41. The first kappa shape index (κ1) is 9.65. The lowest BCUT2D eigenvalue weighted by molar-refractivity contribution is 0.640. The van der Waals surface area contributed by atoms with Gasteiger partial charge in [-0.15, -0.1) is 0 Å². The summed E-state index contributed by atoms with van der Waals surface area (Å²) in [5, 5.41) is 0.761. The Balaban J connectivity index is 2.17. The third kappa shape index (κ3) is 3.30. The molecule has 0 aliphatic heterocycles. The standard InChI is InChI=1S/C9H16N2S/c1-3-12-9(2)4-6-11-7-5-10-8-11/h5,7-9H,3-4,6H2,1-2H3. The number of rotatable bonds is 5. The first-order valence-electron chi connectivity index (χ1n) is 4.40. The third-order valence-corrected chi connectivity index (χ3v) is 2.94. The molecule has 0 bridgehead atoms. The van der Waals surface area contributed by atoms with Gasteiger partial charge in [-0.1, -0.05) is 13.8 Å². The fraction of sp³-hybridized carbons (Fsp3) is 0.667. The van der Waals surface area contributed by atoms with Gasteiger partial charge in [0.2, 0.25) is 0 Å². The molecule has 0 saturated carbocycles. The van der Waals surface area contributed by atoms with E-state index in [1.54, 1.807) is 0 Å². The molecule has 1 unspecified atom stereocenters. The maximum Gasteiger partial charge on any atom is 0.0945 e. The van der Waals surface area contributed by atoms with E-state index in [1.807, 2.05) is 30.5 Å². The quantitative estimate of drug-likeness (QED) is 0.699. The SMILES string of the molecule is CCSC(C)CCn1ccnc1. The monoisotopic (exact) mass is 184 g/mol. The molecule has 1 rings (SSSR count). The molecule has 0 radical (unpaired) electrons. The van der Waals surface area contributed by atoms with Crippen molar-refractivity contribution in [2.45, 2.75) is 32.1 Å². The zero-order valence-electron chi connectivity index (χ0n) is 7.73. The zero-order valence-corrected chi connectivity index (χ0v) is 8.55. The van der Waals surface area contributed by atoms with Crippen molar-refractivity contribution in [3.8, 4) is 0 Å². The lowest BCUT2D eigenvalue weighted by atomic mass is 10.3. The van der Waals surface area contributed by atoms with Crippen LogP contribution in [0.3, 0.4) is 0 Å². The van der Waals surface area contributed by atoms with Crippen LogP contribution in [-0.4, -0.2) is 20.6 Å². The summed E-state index contributed by atoms with van der Waals surface area (Å²) < 4.78 is 2.13. The van der Waals surface area contributed by atoms with Gasteiger partial charge in [-0.25, -0.2) is 4.98 Å². The first-order chi connectivity index (χ1) is 5.83. The van der Waals surface area contributed by atoms with E-state index in [0.29, 0.717) is 0 Å². The summed E-state index contributed by atoms with van der Waals surface area (Å²) >= 11 is 2.02. The molecule has 68 valence electrons. The highest BCUT2D eigenvalue weighted by Crippen LogP contribution is 2.13. The molecule has 1 heterocycles. The van der Waals surface area contributed by atoms with Crippen LogP contribution in [0.4, 0.5) is 0 Å². The van der Waals surface area contributed by atoms with Crippen LogP contribution in [0.2, 0.25) is 0 Å². The molecule has 0 fully saturated rings. The van der Waals surface area contributed by atoms with Crippen LogP contribution in [0.15, 0.2) is 18.7 Å². The zero-order chi connectivity index (χ0) is 8.81. The van der Waals surface area contributed by atoms with Gasteiger partial charge in [-0.3, -0.25) is 0 Å². The van der Waals surface area contributed by atoms with Gasteiger partial charge in [0.15, 0.2) is 0 Å². The van der Waals surface area contributed by atoms with Gasteiger partial charge in [-0.05, 0) is 12.2 Å². The van der Waals surface area contributed by atoms with Crippen LogP contribution in [0.1, 0.15) is 20.3 Å². The molecule has 0 saturated heterocycles. The summed E-state index contributed by atoms with van der Waals surface area (Å²) in [5.41, 5.74) is 0. The maximum atomic E-state index is 4.00. The molecule has 1 aromatic heterocycles. The molecular weight excluding hydrogens is 168 g/mol. The lowest BCUT2D eigenvalue weighted by Crippen LogP contribution is -2.03. The molecule has 1 atom stereocenters. The van der Waals surface area contributed by atoms with E-state index in [1.165, 1.54) is 12.2 Å². The number of nitrogens with zero attached hydrogens (tertiary/aromatic N) is 2. The van der Waals surface area contributed by atoms with Crippen molar-refractivity contribution < 1.29 is 0 Å². The minimum Gasteiger partial charge on any atom is -0.337 e. The van der Waals surface area contributed by atoms with E-state index in [4.69, 9.17) is 0 Å². The number of thioether (sulfide) groups is 1. The average Bonchev–Trinajstić information content (AvgIpc) is 2.53. The molecule has 12 heavy (non-hydrogen) atoms. The fourth-order valence-corrected chi connectivity index (χ4v) is 1.96. The molecule has 0 spiro atoms. The molecule has 0 aliphatic carbocycles. The second kappa shape index (κ2) is 5.25. The Morgan fingerprint density at radius 3 is 3.00 bits per heavy atom. The largest absolute Gasteiger partial charge is 0.337 e. The van der Waals surface area contributed by atoms with Crippen LogP contribution in [0.5, 0.6) is 0 Å². The number of aromatic nitrogens is 2. The van der Waals surface area contributed by atoms with Crippen LogP contribution in [0.25, 0.3) is 0 Å². The topological polar surface area (TPSA) is 17.8 Å². The van der Waals surface area contributed by atoms with Crippen LogP contribution in [0, 0.1) is 0 Å². The van der Waals surface area contributed by atoms with E-state index in [-0.39, 0.29) is 0 Å². The number of hydrogen-bond acceptors (Lipinski definition) is 2. The van der Waals surface area contributed by atoms with Crippen LogP contribution in [-0.2, 0) is 6.54 Å². The van der Waals surface area contributed by atoms with Crippen molar-refractivity contribution in [1.29, 1.82) is 0 Å². The van der Waals surface area contributed by atoms with Gasteiger partial charge >= 0.3 is 0 Å². The van der Waals surface area contributed by atoms with E-state index < -0.39 is 0 Å². The predicted molar refractivity (Wildman–Crippen MR) is 54.4 cm³/mol. The van der Waals surface area contributed by atoms with E-state index >= 15 is 0 Å². The van der Waals surface area contributed by atoms with Crippen molar-refractivity contribution in [1.82, 2.24) is 9.55 Å². The normalized spacial score (nSPS) is 13.2. The molecule has 2 nitrogen and oxygen atoms in total. The van der Waals surface area contributed by atoms with Crippen LogP contribution < -0.4 is 0 Å². The van der Waals surface area contributed by atoms with Gasteiger partial charge in [-0.2, -0.15) is 11.8 Å². The highest BCUT2D eigenvalue weighted by atomic mass is 32.2. The summed E-state index contributed by atoms with van der Waals surface area (Å²) in [5.74, 6) is 1.21. The number of hydrogen-bond donors (Lipinski definition) is 0. The van der Waals surface area contributed by atoms with Crippen molar-refractivity contribution in [2.24, 2.45) is 0 Å². The van der Waals surface area contributed by atoms with Gasteiger partial charge in [0.1, 0.15) is 0 Å². The Morgan fingerprint density at radius 2 is 2.42 bits per heavy atom. The van der Waals surface area contributed by atoms with Gasteiger partial charge < -0.3 is 4.57 Å². The van der Waals surface area contributed by atoms with Crippen molar-refractivity contribution in [2.75, 3.05) is 5.75 Å². The first-order valence-corrected chi connectivity index (χ1v) is 5.45. The van der Waals surface area contributed by atoms with Gasteiger partial charge in [0.05, 0.1) is 6.33 Å². The fourth-order valence-electron chi connectivity index (χ4n) is 1.12. The second-order valence-corrected chi connectivity index (χ2v) is 4.57. The minimum atomic E-state index is 0.761. The summed E-state index contributed by atoms with van der Waals surface area (Å²) in [7, 11) is 0. The second-order valence-electron chi connectivity index (χ2n) is 2.86. The maximum absolute atomic E-state index is 4.00. The summed E-state index contributed by atoms with van der Waals surface area (Å²) in [6, 6.07) is 0. The third-order valence-electron chi connectivity index (χ3n) is 1.80. The van der Waals surface area contributed by atoms with E-state index in [9.17, 15) is 0 Å². The lowest BCUT2D eigenvalue weighted by Gasteiger charge is -2.09. The minimum absolute atomic E-state index is 0.761. The van der Waals surface area contributed by atoms with Crippen molar-refractivity contribution in [3.63, 3.8) is 0 Å². The van der Waals surface area contributed by atoms with E-state index in [2.05, 4.69) is 23.4 Å². The van der Waals surface area contributed by atoms with Gasteiger partial charge in [0, 0.05) is 24.2 Å². The molecule has 0 aliphatic rings. The number of imidazole rings is 1. The molecular formula is C9H16N2S. The smallest absolute Gasteiger partial charge is 0.0945 e. The Hall–Kier alpha value is -0.440. The highest BCUT2D eigenvalue weighted by Gasteiger charge is 2.00. The van der Waals surface area contributed by atoms with Crippen molar-refractivity contribution >= 4 is 11.8 Å². The van der Waals surface area contributed by atoms with E-state index in [0.717, 1.165) is 11.8 Å². The van der Waals surface area contributed by atoms with Gasteiger partial charge in [0.25, 0.3) is 0 Å². The molecule has 3 heteroatoms. The molecule has 0 N–H and O–H groups in total. The Labute approximate surface area is 78.4 Å². The molecule has 0 amide bonds. The van der Waals surface area contributed by atoms with Crippen molar-refractivity contribution in [3.05, 3.63) is 18.7 Å². The Morgan fingerprint density at radius 1 is 1.58 bits per heavy atom. The Bertz CT molecular complexity index is 196. The average molecular weight is 184 g/mol. The molecule has 0 aromatic carbocycles. The molecule has 1 aromatic rings. The number of aryl methyl sites for hydroxylation is 1. The summed E-state index contributed by atoms with van der Waals surface area (Å²) in [4.78, 5) is 4.00. The Kier molecular flexibility index (Phi) is 4.22. The summed E-state index contributed by atoms with van der Waals surface area (Å²) in [6.07, 6.45) is 6.96. The van der Waals surface area contributed by atoms with Crippen LogP contribution >= 0.6 is 11.8 Å². The highest BCUT2D eigenvalue weighted by molar-refractivity contribution is 7.99. The summed E-state index contributed by atoms with van der Waals surface area (Å²) in [6.45, 7) is 5.58.